The molecule has 8 heteroatoms. The van der Waals surface area contributed by atoms with Crippen molar-refractivity contribution < 1.29 is 17.5 Å². The van der Waals surface area contributed by atoms with E-state index in [1.54, 1.807) is 0 Å². The molecule has 0 aliphatic carbocycles. The minimum atomic E-state index is -3.93. The number of hydrogen-bond donors (Lipinski definition) is 1. The summed E-state index contributed by atoms with van der Waals surface area (Å²) < 4.78 is 44.7. The summed E-state index contributed by atoms with van der Waals surface area (Å²) in [6.45, 7) is -0.101. The Morgan fingerprint density at radius 2 is 1.91 bits per heavy atom. The fourth-order valence-corrected chi connectivity index (χ4v) is 3.23. The molecule has 2 rings (SSSR count). The first kappa shape index (κ1) is 16.1. The molecule has 0 aromatic heterocycles. The molecule has 0 aliphatic rings. The SMILES string of the molecule is N#CCOc1ccc(NS(=O)(=O)c2ccc(F)cc2Cl)cc1. The molecule has 0 bridgehead atoms. The summed E-state index contributed by atoms with van der Waals surface area (Å²) in [7, 11) is -3.93. The predicted molar refractivity (Wildman–Crippen MR) is 79.8 cm³/mol. The van der Waals surface area contributed by atoms with Crippen molar-refractivity contribution >= 4 is 27.3 Å². The summed E-state index contributed by atoms with van der Waals surface area (Å²) in [5.74, 6) is -0.188. The van der Waals surface area contributed by atoms with Gasteiger partial charge >= 0.3 is 0 Å². The molecule has 0 fully saturated rings. The maximum Gasteiger partial charge on any atom is 0.263 e. The summed E-state index contributed by atoms with van der Waals surface area (Å²) in [5, 5.41) is 8.19. The van der Waals surface area contributed by atoms with E-state index in [1.807, 2.05) is 6.07 Å². The molecule has 114 valence electrons. The molecule has 0 aliphatic heterocycles. The Morgan fingerprint density at radius 3 is 2.50 bits per heavy atom. The number of sulfonamides is 1. The van der Waals surface area contributed by atoms with Gasteiger partial charge in [-0.2, -0.15) is 5.26 Å². The first-order chi connectivity index (χ1) is 10.4. The standard InChI is InChI=1S/C14H10ClFN2O3S/c15-13-9-10(16)1-6-14(13)22(19,20)18-11-2-4-12(5-3-11)21-8-7-17/h1-6,9,18H,8H2. The van der Waals surface area contributed by atoms with Crippen LogP contribution in [0.15, 0.2) is 47.4 Å². The van der Waals surface area contributed by atoms with Crippen molar-refractivity contribution in [3.8, 4) is 11.8 Å². The van der Waals surface area contributed by atoms with Gasteiger partial charge in [-0.1, -0.05) is 11.6 Å². The quantitative estimate of drug-likeness (QED) is 0.906. The lowest BCUT2D eigenvalue weighted by Gasteiger charge is -2.10. The Labute approximate surface area is 132 Å². The fraction of sp³-hybridized carbons (Fsp3) is 0.0714. The molecule has 0 saturated carbocycles. The number of anilines is 1. The Morgan fingerprint density at radius 1 is 1.23 bits per heavy atom. The zero-order valence-electron chi connectivity index (χ0n) is 11.1. The number of nitriles is 1. The minimum absolute atomic E-state index is 0.101. The lowest BCUT2D eigenvalue weighted by molar-refractivity contribution is 0.368. The normalized spacial score (nSPS) is 10.8. The molecule has 22 heavy (non-hydrogen) atoms. The number of halogens is 2. The molecule has 0 heterocycles. The van der Waals surface area contributed by atoms with Crippen LogP contribution < -0.4 is 9.46 Å². The van der Waals surface area contributed by atoms with Crippen molar-refractivity contribution in [2.24, 2.45) is 0 Å². The second-order valence-corrected chi connectivity index (χ2v) is 6.21. The molecule has 0 radical (unpaired) electrons. The molecule has 0 unspecified atom stereocenters. The van der Waals surface area contributed by atoms with Crippen LogP contribution in [0, 0.1) is 17.1 Å². The van der Waals surface area contributed by atoms with E-state index in [4.69, 9.17) is 21.6 Å². The highest BCUT2D eigenvalue weighted by atomic mass is 35.5. The summed E-state index contributed by atoms with van der Waals surface area (Å²) in [5.41, 5.74) is 0.282. The second kappa shape index (κ2) is 6.64. The van der Waals surface area contributed by atoms with Crippen molar-refractivity contribution in [1.29, 1.82) is 5.26 Å². The van der Waals surface area contributed by atoms with Crippen LogP contribution in [0.1, 0.15) is 0 Å². The first-order valence-electron chi connectivity index (χ1n) is 6.00. The van der Waals surface area contributed by atoms with Crippen molar-refractivity contribution in [2.45, 2.75) is 4.90 Å². The maximum atomic E-state index is 13.0. The van der Waals surface area contributed by atoms with Crippen LogP contribution >= 0.6 is 11.6 Å². The highest BCUT2D eigenvalue weighted by Crippen LogP contribution is 2.25. The van der Waals surface area contributed by atoms with Crippen molar-refractivity contribution in [2.75, 3.05) is 11.3 Å². The van der Waals surface area contributed by atoms with Gasteiger partial charge in [0, 0.05) is 5.69 Å². The van der Waals surface area contributed by atoms with Gasteiger partial charge in [0.1, 0.15) is 22.5 Å². The smallest absolute Gasteiger partial charge is 0.263 e. The van der Waals surface area contributed by atoms with Gasteiger partial charge in [0.05, 0.1) is 5.02 Å². The van der Waals surface area contributed by atoms with E-state index in [1.165, 1.54) is 24.3 Å². The molecule has 1 N–H and O–H groups in total. The van der Waals surface area contributed by atoms with Gasteiger partial charge in [0.15, 0.2) is 6.61 Å². The highest BCUT2D eigenvalue weighted by molar-refractivity contribution is 7.92. The molecule has 0 amide bonds. The topological polar surface area (TPSA) is 79.2 Å². The lowest BCUT2D eigenvalue weighted by Crippen LogP contribution is -2.13. The largest absolute Gasteiger partial charge is 0.479 e. The molecular weight excluding hydrogens is 331 g/mol. The van der Waals surface area contributed by atoms with Crippen LogP contribution in [-0.2, 0) is 10.0 Å². The Bertz CT molecular complexity index is 817. The maximum absolute atomic E-state index is 13.0. The van der Waals surface area contributed by atoms with Gasteiger partial charge in [-0.25, -0.2) is 12.8 Å². The zero-order chi connectivity index (χ0) is 16.2. The summed E-state index contributed by atoms with van der Waals surface area (Å²) in [6.07, 6.45) is 0. The molecule has 0 spiro atoms. The average Bonchev–Trinajstić information content (AvgIpc) is 2.45. The number of benzene rings is 2. The van der Waals surface area contributed by atoms with Crippen LogP contribution in [0.4, 0.5) is 10.1 Å². The van der Waals surface area contributed by atoms with Crippen molar-refractivity contribution in [3.05, 3.63) is 53.3 Å². The van der Waals surface area contributed by atoms with E-state index < -0.39 is 15.8 Å². The first-order valence-corrected chi connectivity index (χ1v) is 7.86. The third-order valence-electron chi connectivity index (χ3n) is 2.59. The second-order valence-electron chi connectivity index (χ2n) is 4.15. The predicted octanol–water partition coefficient (Wildman–Crippen LogP) is 3.18. The van der Waals surface area contributed by atoms with Crippen LogP contribution in [-0.4, -0.2) is 15.0 Å². The molecule has 5 nitrogen and oxygen atoms in total. The molecule has 2 aromatic carbocycles. The van der Waals surface area contributed by atoms with E-state index in [0.29, 0.717) is 5.75 Å². The lowest BCUT2D eigenvalue weighted by atomic mass is 10.3. The number of ether oxygens (including phenoxy) is 1. The van der Waals surface area contributed by atoms with Crippen molar-refractivity contribution in [1.82, 2.24) is 0 Å². The molecular formula is C14H10ClFN2O3S. The fourth-order valence-electron chi connectivity index (χ4n) is 1.64. The van der Waals surface area contributed by atoms with Crippen molar-refractivity contribution in [3.63, 3.8) is 0 Å². The van der Waals surface area contributed by atoms with Gasteiger partial charge in [-0.05, 0) is 42.5 Å². The average molecular weight is 341 g/mol. The van der Waals surface area contributed by atoms with E-state index in [0.717, 1.165) is 18.2 Å². The number of hydrogen-bond acceptors (Lipinski definition) is 4. The van der Waals surface area contributed by atoms with Crippen LogP contribution in [0.3, 0.4) is 0 Å². The monoisotopic (exact) mass is 340 g/mol. The molecule has 0 saturated heterocycles. The third kappa shape index (κ3) is 3.87. The Kier molecular flexibility index (Phi) is 4.85. The summed E-state index contributed by atoms with van der Waals surface area (Å²) in [6, 6.07) is 10.8. The number of nitrogens with one attached hydrogen (secondary N) is 1. The zero-order valence-corrected chi connectivity index (χ0v) is 12.7. The molecule has 2 aromatic rings. The van der Waals surface area contributed by atoms with E-state index in [-0.39, 0.29) is 22.2 Å². The van der Waals surface area contributed by atoms with E-state index >= 15 is 0 Å². The summed E-state index contributed by atoms with van der Waals surface area (Å²) >= 11 is 5.75. The summed E-state index contributed by atoms with van der Waals surface area (Å²) in [4.78, 5) is -0.222. The van der Waals surface area contributed by atoms with Gasteiger partial charge in [0.25, 0.3) is 10.0 Å². The Balaban J connectivity index is 2.20. The van der Waals surface area contributed by atoms with Gasteiger partial charge in [0.2, 0.25) is 0 Å². The third-order valence-corrected chi connectivity index (χ3v) is 4.46. The molecule has 0 atom stereocenters. The van der Waals surface area contributed by atoms with Crippen LogP contribution in [0.2, 0.25) is 5.02 Å². The van der Waals surface area contributed by atoms with Gasteiger partial charge < -0.3 is 4.74 Å². The van der Waals surface area contributed by atoms with E-state index in [9.17, 15) is 12.8 Å². The van der Waals surface area contributed by atoms with E-state index in [2.05, 4.69) is 4.72 Å². The van der Waals surface area contributed by atoms with Gasteiger partial charge in [-0.15, -0.1) is 0 Å². The van der Waals surface area contributed by atoms with Crippen LogP contribution in [0.25, 0.3) is 0 Å². The van der Waals surface area contributed by atoms with Gasteiger partial charge in [-0.3, -0.25) is 4.72 Å². The minimum Gasteiger partial charge on any atom is -0.479 e. The van der Waals surface area contributed by atoms with Crippen LogP contribution in [0.5, 0.6) is 5.75 Å². The highest BCUT2D eigenvalue weighted by Gasteiger charge is 2.18. The Hall–Kier alpha value is -2.30. The number of nitrogens with zero attached hydrogens (tertiary/aromatic N) is 1. The number of rotatable bonds is 5.